The van der Waals surface area contributed by atoms with Gasteiger partial charge in [0.1, 0.15) is 0 Å². The molecule has 0 saturated heterocycles. The van der Waals surface area contributed by atoms with E-state index in [1.165, 1.54) is 11.1 Å². The lowest BCUT2D eigenvalue weighted by Crippen LogP contribution is -2.12. The standard InChI is InChI=1S/C12H17ClO/c1-12(2,13)11-7-5-4-6-10(11)8-9-14-3/h4-7H,8-9H2,1-3H3. The Bertz CT molecular complexity index is 289. The van der Waals surface area contributed by atoms with Crippen LogP contribution in [0.4, 0.5) is 0 Å². The van der Waals surface area contributed by atoms with E-state index >= 15 is 0 Å². The van der Waals surface area contributed by atoms with E-state index in [0.29, 0.717) is 0 Å². The first-order valence-electron chi connectivity index (χ1n) is 4.82. The Balaban J connectivity index is 2.92. The number of halogens is 1. The summed E-state index contributed by atoms with van der Waals surface area (Å²) in [7, 11) is 1.72. The van der Waals surface area contributed by atoms with Crippen LogP contribution >= 0.6 is 11.6 Å². The summed E-state index contributed by atoms with van der Waals surface area (Å²) in [5, 5.41) is 0. The predicted molar refractivity (Wildman–Crippen MR) is 60.9 cm³/mol. The van der Waals surface area contributed by atoms with Crippen LogP contribution < -0.4 is 0 Å². The molecule has 0 saturated carbocycles. The molecule has 0 fully saturated rings. The molecule has 0 radical (unpaired) electrons. The maximum atomic E-state index is 6.30. The van der Waals surface area contributed by atoms with Gasteiger partial charge in [0.05, 0.1) is 11.5 Å². The van der Waals surface area contributed by atoms with Crippen molar-refractivity contribution in [2.45, 2.75) is 25.1 Å². The summed E-state index contributed by atoms with van der Waals surface area (Å²) in [5.74, 6) is 0. The van der Waals surface area contributed by atoms with E-state index in [1.54, 1.807) is 7.11 Å². The minimum Gasteiger partial charge on any atom is -0.384 e. The first-order chi connectivity index (χ1) is 6.55. The Morgan fingerprint density at radius 1 is 1.29 bits per heavy atom. The van der Waals surface area contributed by atoms with Crippen molar-refractivity contribution in [1.29, 1.82) is 0 Å². The minimum atomic E-state index is -0.301. The number of hydrogen-bond donors (Lipinski definition) is 0. The number of benzene rings is 1. The van der Waals surface area contributed by atoms with Gasteiger partial charge < -0.3 is 4.74 Å². The van der Waals surface area contributed by atoms with Crippen molar-refractivity contribution in [2.24, 2.45) is 0 Å². The van der Waals surface area contributed by atoms with Crippen molar-refractivity contribution >= 4 is 11.6 Å². The van der Waals surface area contributed by atoms with Gasteiger partial charge in [0, 0.05) is 7.11 Å². The van der Waals surface area contributed by atoms with Gasteiger partial charge in [-0.1, -0.05) is 24.3 Å². The molecule has 14 heavy (non-hydrogen) atoms. The molecule has 1 aromatic carbocycles. The fourth-order valence-electron chi connectivity index (χ4n) is 1.53. The van der Waals surface area contributed by atoms with E-state index in [-0.39, 0.29) is 4.87 Å². The molecular formula is C12H17ClO. The molecule has 1 nitrogen and oxygen atoms in total. The molecular weight excluding hydrogens is 196 g/mol. The quantitative estimate of drug-likeness (QED) is 0.696. The third-order valence-electron chi connectivity index (χ3n) is 2.23. The van der Waals surface area contributed by atoms with Crippen molar-refractivity contribution in [3.8, 4) is 0 Å². The average molecular weight is 213 g/mol. The Morgan fingerprint density at radius 3 is 2.50 bits per heavy atom. The summed E-state index contributed by atoms with van der Waals surface area (Å²) in [6.45, 7) is 4.77. The molecule has 0 atom stereocenters. The highest BCUT2D eigenvalue weighted by Crippen LogP contribution is 2.30. The lowest BCUT2D eigenvalue weighted by atomic mass is 9.95. The molecule has 1 aromatic rings. The summed E-state index contributed by atoms with van der Waals surface area (Å²) in [6.07, 6.45) is 0.919. The van der Waals surface area contributed by atoms with E-state index in [4.69, 9.17) is 16.3 Å². The van der Waals surface area contributed by atoms with Gasteiger partial charge in [-0.2, -0.15) is 0 Å². The largest absolute Gasteiger partial charge is 0.384 e. The van der Waals surface area contributed by atoms with Gasteiger partial charge in [-0.15, -0.1) is 11.6 Å². The third-order valence-corrected chi connectivity index (χ3v) is 2.44. The van der Waals surface area contributed by atoms with E-state index in [9.17, 15) is 0 Å². The van der Waals surface area contributed by atoms with E-state index in [0.717, 1.165) is 13.0 Å². The second-order valence-corrected chi connectivity index (χ2v) is 4.82. The fraction of sp³-hybridized carbons (Fsp3) is 0.500. The second kappa shape index (κ2) is 4.81. The smallest absolute Gasteiger partial charge is 0.0641 e. The highest BCUT2D eigenvalue weighted by molar-refractivity contribution is 6.23. The average Bonchev–Trinajstić information content (AvgIpc) is 2.14. The first-order valence-corrected chi connectivity index (χ1v) is 5.19. The Morgan fingerprint density at radius 2 is 1.93 bits per heavy atom. The van der Waals surface area contributed by atoms with Crippen LogP contribution in [0.3, 0.4) is 0 Å². The van der Waals surface area contributed by atoms with Crippen LogP contribution in [-0.2, 0) is 16.0 Å². The molecule has 0 aromatic heterocycles. The van der Waals surface area contributed by atoms with Crippen LogP contribution in [0.5, 0.6) is 0 Å². The molecule has 78 valence electrons. The van der Waals surface area contributed by atoms with Crippen LogP contribution in [0, 0.1) is 0 Å². The molecule has 0 aliphatic heterocycles. The summed E-state index contributed by atoms with van der Waals surface area (Å²) in [4.78, 5) is -0.301. The van der Waals surface area contributed by atoms with Gasteiger partial charge in [-0.05, 0) is 31.4 Å². The van der Waals surface area contributed by atoms with Gasteiger partial charge in [0.25, 0.3) is 0 Å². The number of alkyl halides is 1. The van der Waals surface area contributed by atoms with E-state index in [1.807, 2.05) is 26.0 Å². The van der Waals surface area contributed by atoms with E-state index < -0.39 is 0 Å². The topological polar surface area (TPSA) is 9.23 Å². The van der Waals surface area contributed by atoms with Crippen LogP contribution in [0.15, 0.2) is 24.3 Å². The summed E-state index contributed by atoms with van der Waals surface area (Å²) in [5.41, 5.74) is 2.47. The first kappa shape index (κ1) is 11.5. The zero-order chi connectivity index (χ0) is 10.6. The maximum Gasteiger partial charge on any atom is 0.0641 e. The molecule has 0 unspecified atom stereocenters. The molecule has 0 N–H and O–H groups in total. The molecule has 2 heteroatoms. The highest BCUT2D eigenvalue weighted by Gasteiger charge is 2.19. The van der Waals surface area contributed by atoms with Crippen molar-refractivity contribution in [1.82, 2.24) is 0 Å². The molecule has 0 bridgehead atoms. The van der Waals surface area contributed by atoms with Gasteiger partial charge in [0.15, 0.2) is 0 Å². The summed E-state index contributed by atoms with van der Waals surface area (Å²) >= 11 is 6.30. The monoisotopic (exact) mass is 212 g/mol. The number of rotatable bonds is 4. The second-order valence-electron chi connectivity index (χ2n) is 3.87. The summed E-state index contributed by atoms with van der Waals surface area (Å²) < 4.78 is 5.07. The van der Waals surface area contributed by atoms with Crippen molar-refractivity contribution in [2.75, 3.05) is 13.7 Å². The Labute approximate surface area is 91.0 Å². The van der Waals surface area contributed by atoms with Crippen molar-refractivity contribution < 1.29 is 4.74 Å². The Hall–Kier alpha value is -0.530. The van der Waals surface area contributed by atoms with Crippen molar-refractivity contribution in [3.63, 3.8) is 0 Å². The van der Waals surface area contributed by atoms with Crippen LogP contribution in [0.25, 0.3) is 0 Å². The fourth-order valence-corrected chi connectivity index (χ4v) is 1.71. The molecule has 1 rings (SSSR count). The zero-order valence-corrected chi connectivity index (χ0v) is 9.77. The van der Waals surface area contributed by atoms with E-state index in [2.05, 4.69) is 12.1 Å². The molecule has 0 aliphatic carbocycles. The highest BCUT2D eigenvalue weighted by atomic mass is 35.5. The van der Waals surface area contributed by atoms with Gasteiger partial charge in [-0.3, -0.25) is 0 Å². The molecule has 0 aliphatic rings. The summed E-state index contributed by atoms with van der Waals surface area (Å²) in [6, 6.07) is 8.25. The SMILES string of the molecule is COCCc1ccccc1C(C)(C)Cl. The van der Waals surface area contributed by atoms with Crippen LogP contribution in [0.1, 0.15) is 25.0 Å². The third kappa shape index (κ3) is 3.00. The van der Waals surface area contributed by atoms with Crippen LogP contribution in [0.2, 0.25) is 0 Å². The maximum absolute atomic E-state index is 6.30. The number of hydrogen-bond acceptors (Lipinski definition) is 1. The zero-order valence-electron chi connectivity index (χ0n) is 9.01. The molecule has 0 spiro atoms. The molecule has 0 heterocycles. The number of ether oxygens (including phenoxy) is 1. The van der Waals surface area contributed by atoms with Crippen LogP contribution in [-0.4, -0.2) is 13.7 Å². The minimum absolute atomic E-state index is 0.301. The lowest BCUT2D eigenvalue weighted by molar-refractivity contribution is 0.202. The Kier molecular flexibility index (Phi) is 3.97. The van der Waals surface area contributed by atoms with Gasteiger partial charge >= 0.3 is 0 Å². The predicted octanol–water partition coefficient (Wildman–Crippen LogP) is 3.35. The normalized spacial score (nSPS) is 11.7. The lowest BCUT2D eigenvalue weighted by Gasteiger charge is -2.20. The molecule has 0 amide bonds. The van der Waals surface area contributed by atoms with Gasteiger partial charge in [-0.25, -0.2) is 0 Å². The van der Waals surface area contributed by atoms with Crippen molar-refractivity contribution in [3.05, 3.63) is 35.4 Å². The number of methoxy groups -OCH3 is 1. The van der Waals surface area contributed by atoms with Gasteiger partial charge in [0.2, 0.25) is 0 Å².